The summed E-state index contributed by atoms with van der Waals surface area (Å²) in [5, 5.41) is 4.37. The van der Waals surface area contributed by atoms with Gasteiger partial charge in [-0.15, -0.1) is 0 Å². The fourth-order valence-electron chi connectivity index (χ4n) is 2.06. The van der Waals surface area contributed by atoms with Crippen LogP contribution in [0.5, 0.6) is 0 Å². The van der Waals surface area contributed by atoms with E-state index < -0.39 is 0 Å². The minimum absolute atomic E-state index is 0.00426. The summed E-state index contributed by atoms with van der Waals surface area (Å²) < 4.78 is 1.96. The monoisotopic (exact) mass is 232 g/mol. The molecule has 0 amide bonds. The predicted octanol–water partition coefficient (Wildman–Crippen LogP) is 2.55. The molecular weight excluding hydrogens is 212 g/mol. The molecule has 0 N–H and O–H groups in total. The van der Waals surface area contributed by atoms with Crippen molar-refractivity contribution < 1.29 is 0 Å². The van der Waals surface area contributed by atoms with E-state index in [2.05, 4.69) is 44.7 Å². The zero-order chi connectivity index (χ0) is 12.6. The molecule has 0 saturated heterocycles. The van der Waals surface area contributed by atoms with E-state index in [-0.39, 0.29) is 5.41 Å². The molecule has 2 heterocycles. The molecule has 0 radical (unpaired) electrons. The van der Waals surface area contributed by atoms with Crippen molar-refractivity contribution in [3.05, 3.63) is 23.5 Å². The SMILES string of the molecule is CCc1ncnn2c(C(C)(C)C)nc(CC)c12. The van der Waals surface area contributed by atoms with E-state index in [0.717, 1.165) is 35.6 Å². The fraction of sp³-hybridized carbons (Fsp3) is 0.615. The van der Waals surface area contributed by atoms with Crippen LogP contribution in [0.15, 0.2) is 6.33 Å². The van der Waals surface area contributed by atoms with Gasteiger partial charge in [0.15, 0.2) is 0 Å². The molecule has 0 fully saturated rings. The molecule has 0 aliphatic heterocycles. The Labute approximate surface area is 102 Å². The Morgan fingerprint density at radius 1 is 1.12 bits per heavy atom. The van der Waals surface area contributed by atoms with Crippen molar-refractivity contribution in [2.24, 2.45) is 0 Å². The zero-order valence-electron chi connectivity index (χ0n) is 11.3. The van der Waals surface area contributed by atoms with Gasteiger partial charge in [0.1, 0.15) is 17.7 Å². The van der Waals surface area contributed by atoms with Crippen LogP contribution in [0.25, 0.3) is 5.52 Å². The van der Waals surface area contributed by atoms with Crippen LogP contribution in [0, 0.1) is 0 Å². The maximum Gasteiger partial charge on any atom is 0.136 e. The van der Waals surface area contributed by atoms with Gasteiger partial charge in [-0.25, -0.2) is 14.5 Å². The number of hydrogen-bond donors (Lipinski definition) is 0. The highest BCUT2D eigenvalue weighted by atomic mass is 15.3. The molecule has 2 aromatic rings. The first-order valence-corrected chi connectivity index (χ1v) is 6.21. The van der Waals surface area contributed by atoms with Gasteiger partial charge in [-0.1, -0.05) is 34.6 Å². The Bertz CT molecular complexity index is 534. The van der Waals surface area contributed by atoms with Gasteiger partial charge >= 0.3 is 0 Å². The van der Waals surface area contributed by atoms with Gasteiger partial charge in [0.05, 0.1) is 11.4 Å². The number of imidazole rings is 1. The Morgan fingerprint density at radius 2 is 1.76 bits per heavy atom. The van der Waals surface area contributed by atoms with Crippen molar-refractivity contribution in [2.45, 2.75) is 52.9 Å². The highest BCUT2D eigenvalue weighted by molar-refractivity contribution is 5.57. The van der Waals surface area contributed by atoms with Crippen LogP contribution in [0.3, 0.4) is 0 Å². The lowest BCUT2D eigenvalue weighted by Gasteiger charge is -2.15. The fourth-order valence-corrected chi connectivity index (χ4v) is 2.06. The number of aromatic nitrogens is 4. The molecule has 0 aliphatic carbocycles. The maximum atomic E-state index is 4.75. The second kappa shape index (κ2) is 4.09. The summed E-state index contributed by atoms with van der Waals surface area (Å²) in [6.45, 7) is 10.7. The number of nitrogens with zero attached hydrogens (tertiary/aromatic N) is 4. The maximum absolute atomic E-state index is 4.75. The van der Waals surface area contributed by atoms with E-state index >= 15 is 0 Å². The molecule has 0 atom stereocenters. The second-order valence-corrected chi connectivity index (χ2v) is 5.31. The predicted molar refractivity (Wildman–Crippen MR) is 68.2 cm³/mol. The van der Waals surface area contributed by atoms with Crippen LogP contribution in [-0.2, 0) is 18.3 Å². The smallest absolute Gasteiger partial charge is 0.136 e. The summed E-state index contributed by atoms with van der Waals surface area (Å²) in [5.74, 6) is 1.02. The van der Waals surface area contributed by atoms with Crippen LogP contribution in [0.1, 0.15) is 51.8 Å². The molecule has 0 unspecified atom stereocenters. The van der Waals surface area contributed by atoms with Crippen molar-refractivity contribution in [3.63, 3.8) is 0 Å². The minimum atomic E-state index is -0.00426. The van der Waals surface area contributed by atoms with E-state index in [4.69, 9.17) is 4.98 Å². The first-order chi connectivity index (χ1) is 7.99. The van der Waals surface area contributed by atoms with Gasteiger partial charge < -0.3 is 0 Å². The highest BCUT2D eigenvalue weighted by Crippen LogP contribution is 2.25. The van der Waals surface area contributed by atoms with Crippen molar-refractivity contribution in [1.82, 2.24) is 19.6 Å². The lowest BCUT2D eigenvalue weighted by atomic mass is 9.96. The topological polar surface area (TPSA) is 43.1 Å². The molecule has 0 bridgehead atoms. The van der Waals surface area contributed by atoms with Crippen LogP contribution in [0.4, 0.5) is 0 Å². The van der Waals surface area contributed by atoms with Gasteiger partial charge in [-0.2, -0.15) is 5.10 Å². The second-order valence-electron chi connectivity index (χ2n) is 5.31. The van der Waals surface area contributed by atoms with Gasteiger partial charge in [0.25, 0.3) is 0 Å². The summed E-state index contributed by atoms with van der Waals surface area (Å²) in [6.07, 6.45) is 3.45. The lowest BCUT2D eigenvalue weighted by Crippen LogP contribution is -2.17. The molecule has 92 valence electrons. The number of rotatable bonds is 2. The average Bonchev–Trinajstić information content (AvgIpc) is 2.67. The number of hydrogen-bond acceptors (Lipinski definition) is 3. The van der Waals surface area contributed by atoms with Gasteiger partial charge in [-0.3, -0.25) is 0 Å². The Balaban J connectivity index is 2.82. The molecule has 4 heteroatoms. The third-order valence-electron chi connectivity index (χ3n) is 2.92. The summed E-state index contributed by atoms with van der Waals surface area (Å²) in [4.78, 5) is 9.11. The van der Waals surface area contributed by atoms with E-state index in [0.29, 0.717) is 0 Å². The lowest BCUT2D eigenvalue weighted by molar-refractivity contribution is 0.527. The normalized spacial score (nSPS) is 12.3. The van der Waals surface area contributed by atoms with Gasteiger partial charge in [0.2, 0.25) is 0 Å². The molecule has 4 nitrogen and oxygen atoms in total. The number of aryl methyl sites for hydroxylation is 2. The van der Waals surface area contributed by atoms with Gasteiger partial charge in [0, 0.05) is 5.41 Å². The third kappa shape index (κ3) is 1.92. The van der Waals surface area contributed by atoms with Crippen molar-refractivity contribution in [2.75, 3.05) is 0 Å². The molecule has 2 aromatic heterocycles. The van der Waals surface area contributed by atoms with E-state index in [1.807, 2.05) is 4.52 Å². The molecule has 17 heavy (non-hydrogen) atoms. The molecule has 0 aromatic carbocycles. The standard InChI is InChI=1S/C13H20N4/c1-6-9-11-10(7-2)16-12(13(3,4)5)17(11)15-8-14-9/h8H,6-7H2,1-5H3. The highest BCUT2D eigenvalue weighted by Gasteiger charge is 2.24. The van der Waals surface area contributed by atoms with Crippen molar-refractivity contribution in [3.8, 4) is 0 Å². The summed E-state index contributed by atoms with van der Waals surface area (Å²) >= 11 is 0. The Morgan fingerprint density at radius 3 is 2.29 bits per heavy atom. The Kier molecular flexibility index (Phi) is 2.89. The summed E-state index contributed by atoms with van der Waals surface area (Å²) in [7, 11) is 0. The minimum Gasteiger partial charge on any atom is -0.237 e. The van der Waals surface area contributed by atoms with E-state index in [1.54, 1.807) is 6.33 Å². The Hall–Kier alpha value is -1.45. The largest absolute Gasteiger partial charge is 0.237 e. The molecular formula is C13H20N4. The van der Waals surface area contributed by atoms with Crippen LogP contribution >= 0.6 is 0 Å². The van der Waals surface area contributed by atoms with Gasteiger partial charge in [-0.05, 0) is 12.8 Å². The van der Waals surface area contributed by atoms with Crippen LogP contribution < -0.4 is 0 Å². The zero-order valence-corrected chi connectivity index (χ0v) is 11.3. The van der Waals surface area contributed by atoms with Crippen LogP contribution in [-0.4, -0.2) is 19.6 Å². The van der Waals surface area contributed by atoms with E-state index in [9.17, 15) is 0 Å². The van der Waals surface area contributed by atoms with E-state index in [1.165, 1.54) is 0 Å². The summed E-state index contributed by atoms with van der Waals surface area (Å²) in [6, 6.07) is 0. The molecule has 0 saturated carbocycles. The first-order valence-electron chi connectivity index (χ1n) is 6.21. The average molecular weight is 232 g/mol. The quantitative estimate of drug-likeness (QED) is 0.799. The third-order valence-corrected chi connectivity index (χ3v) is 2.92. The number of fused-ring (bicyclic) bond motifs is 1. The van der Waals surface area contributed by atoms with Crippen molar-refractivity contribution in [1.29, 1.82) is 0 Å². The summed E-state index contributed by atoms with van der Waals surface area (Å²) in [5.41, 5.74) is 3.28. The molecule has 0 aliphatic rings. The molecule has 0 spiro atoms. The van der Waals surface area contributed by atoms with Crippen molar-refractivity contribution >= 4 is 5.52 Å². The first kappa shape index (κ1) is 12.0. The molecule has 2 rings (SSSR count). The van der Waals surface area contributed by atoms with Crippen LogP contribution in [0.2, 0.25) is 0 Å².